The van der Waals surface area contributed by atoms with Crippen molar-refractivity contribution in [2.75, 3.05) is 5.32 Å². The van der Waals surface area contributed by atoms with E-state index in [0.717, 1.165) is 11.5 Å². The van der Waals surface area contributed by atoms with Crippen molar-refractivity contribution in [3.63, 3.8) is 0 Å². The number of ether oxygens (including phenoxy) is 1. The van der Waals surface area contributed by atoms with Gasteiger partial charge in [0.15, 0.2) is 0 Å². The number of nitrogens with zero attached hydrogens (tertiary/aromatic N) is 5. The Balaban J connectivity index is 1.56. The molecule has 0 saturated carbocycles. The standard InChI is InChI=1S/C21H14N6O/c22-14-17-13-15(8-10-23-17)20-21(26-12-11-25-20)28-18-6-4-16(5-7-18)27-19-3-1-2-9-24-19/h1-13H,(H,24,27). The van der Waals surface area contributed by atoms with Gasteiger partial charge < -0.3 is 10.1 Å². The lowest BCUT2D eigenvalue weighted by molar-refractivity contribution is 0.462. The number of nitriles is 1. The Bertz CT molecular complexity index is 1120. The molecule has 1 aromatic carbocycles. The molecule has 0 fully saturated rings. The van der Waals surface area contributed by atoms with E-state index in [1.54, 1.807) is 36.9 Å². The molecule has 0 saturated heterocycles. The Morgan fingerprint density at radius 3 is 2.46 bits per heavy atom. The van der Waals surface area contributed by atoms with Gasteiger partial charge in [-0.25, -0.2) is 19.9 Å². The average molecular weight is 366 g/mol. The number of hydrogen-bond donors (Lipinski definition) is 1. The molecule has 3 heterocycles. The summed E-state index contributed by atoms with van der Waals surface area (Å²) in [6.45, 7) is 0. The van der Waals surface area contributed by atoms with Gasteiger partial charge in [0.25, 0.3) is 0 Å². The third-order valence-electron chi connectivity index (χ3n) is 3.82. The first-order chi connectivity index (χ1) is 13.8. The van der Waals surface area contributed by atoms with Gasteiger partial charge in [-0.05, 0) is 48.5 Å². The van der Waals surface area contributed by atoms with Crippen molar-refractivity contribution >= 4 is 11.5 Å². The fraction of sp³-hybridized carbons (Fsp3) is 0. The average Bonchev–Trinajstić information content (AvgIpc) is 2.76. The van der Waals surface area contributed by atoms with Crippen LogP contribution in [0.2, 0.25) is 0 Å². The van der Waals surface area contributed by atoms with Crippen molar-refractivity contribution in [1.29, 1.82) is 5.26 Å². The van der Waals surface area contributed by atoms with Crippen molar-refractivity contribution in [3.8, 4) is 29.0 Å². The number of aromatic nitrogens is 4. The summed E-state index contributed by atoms with van der Waals surface area (Å²) in [5, 5.41) is 12.3. The maximum absolute atomic E-state index is 9.06. The first kappa shape index (κ1) is 17.1. The highest BCUT2D eigenvalue weighted by molar-refractivity contribution is 5.65. The van der Waals surface area contributed by atoms with Crippen molar-refractivity contribution < 1.29 is 4.74 Å². The molecule has 28 heavy (non-hydrogen) atoms. The SMILES string of the molecule is N#Cc1cc(-c2nccnc2Oc2ccc(Nc3ccccn3)cc2)ccn1. The predicted octanol–water partition coefficient (Wildman–Crippen LogP) is 4.34. The highest BCUT2D eigenvalue weighted by Crippen LogP contribution is 2.30. The Kier molecular flexibility index (Phi) is 4.85. The van der Waals surface area contributed by atoms with E-state index in [-0.39, 0.29) is 0 Å². The van der Waals surface area contributed by atoms with Gasteiger partial charge in [-0.15, -0.1) is 0 Å². The summed E-state index contributed by atoms with van der Waals surface area (Å²) in [6, 6.07) is 18.5. The van der Waals surface area contributed by atoms with E-state index >= 15 is 0 Å². The van der Waals surface area contributed by atoms with Gasteiger partial charge in [0.2, 0.25) is 5.88 Å². The number of rotatable bonds is 5. The Hall–Kier alpha value is -4.31. The minimum Gasteiger partial charge on any atom is -0.437 e. The van der Waals surface area contributed by atoms with Crippen LogP contribution in [-0.2, 0) is 0 Å². The fourth-order valence-electron chi connectivity index (χ4n) is 2.54. The van der Waals surface area contributed by atoms with E-state index in [4.69, 9.17) is 10.00 Å². The number of anilines is 2. The molecule has 3 aromatic heterocycles. The maximum Gasteiger partial charge on any atom is 0.246 e. The molecule has 0 atom stereocenters. The van der Waals surface area contributed by atoms with Crippen LogP contribution >= 0.6 is 0 Å². The van der Waals surface area contributed by atoms with Gasteiger partial charge in [0, 0.05) is 36.0 Å². The summed E-state index contributed by atoms with van der Waals surface area (Å²) in [4.78, 5) is 16.8. The summed E-state index contributed by atoms with van der Waals surface area (Å²) in [5.41, 5.74) is 2.44. The predicted molar refractivity (Wildman–Crippen MR) is 104 cm³/mol. The molecule has 0 spiro atoms. The van der Waals surface area contributed by atoms with Gasteiger partial charge in [0.05, 0.1) is 0 Å². The lowest BCUT2D eigenvalue weighted by atomic mass is 10.1. The van der Waals surface area contributed by atoms with Gasteiger partial charge in [0.1, 0.15) is 29.0 Å². The Morgan fingerprint density at radius 1 is 0.821 bits per heavy atom. The molecule has 7 heteroatoms. The molecule has 0 aliphatic rings. The second-order valence-electron chi connectivity index (χ2n) is 5.72. The molecule has 0 radical (unpaired) electrons. The lowest BCUT2D eigenvalue weighted by Crippen LogP contribution is -1.96. The quantitative estimate of drug-likeness (QED) is 0.561. The molecule has 0 bridgehead atoms. The summed E-state index contributed by atoms with van der Waals surface area (Å²) < 4.78 is 5.92. The molecule has 1 N–H and O–H groups in total. The van der Waals surface area contributed by atoms with Crippen LogP contribution in [0.25, 0.3) is 11.3 Å². The summed E-state index contributed by atoms with van der Waals surface area (Å²) >= 11 is 0. The number of hydrogen-bond acceptors (Lipinski definition) is 7. The lowest BCUT2D eigenvalue weighted by Gasteiger charge is -2.10. The molecule has 0 amide bonds. The second kappa shape index (κ2) is 7.93. The zero-order chi connectivity index (χ0) is 19.2. The summed E-state index contributed by atoms with van der Waals surface area (Å²) in [5.74, 6) is 1.73. The molecule has 7 nitrogen and oxygen atoms in total. The maximum atomic E-state index is 9.06. The van der Waals surface area contributed by atoms with Crippen molar-refractivity contribution in [1.82, 2.24) is 19.9 Å². The molecule has 4 aromatic rings. The van der Waals surface area contributed by atoms with Crippen LogP contribution in [0.15, 0.2) is 79.4 Å². The Morgan fingerprint density at radius 2 is 1.68 bits per heavy atom. The van der Waals surface area contributed by atoms with Crippen LogP contribution in [0, 0.1) is 11.3 Å². The molecule has 0 aliphatic heterocycles. The van der Waals surface area contributed by atoms with E-state index in [1.807, 2.05) is 48.5 Å². The highest BCUT2D eigenvalue weighted by Gasteiger charge is 2.11. The third kappa shape index (κ3) is 3.92. The van der Waals surface area contributed by atoms with E-state index in [0.29, 0.717) is 28.6 Å². The van der Waals surface area contributed by atoms with Crippen LogP contribution in [0.3, 0.4) is 0 Å². The molecule has 0 unspecified atom stereocenters. The van der Waals surface area contributed by atoms with Crippen molar-refractivity contribution in [2.45, 2.75) is 0 Å². The first-order valence-electron chi connectivity index (χ1n) is 8.45. The summed E-state index contributed by atoms with van der Waals surface area (Å²) in [6.07, 6.45) is 6.42. The molecule has 4 rings (SSSR count). The van der Waals surface area contributed by atoms with Crippen LogP contribution in [0.4, 0.5) is 11.5 Å². The van der Waals surface area contributed by atoms with Gasteiger partial charge >= 0.3 is 0 Å². The summed E-state index contributed by atoms with van der Waals surface area (Å²) in [7, 11) is 0. The minimum absolute atomic E-state index is 0.305. The van der Waals surface area contributed by atoms with Crippen LogP contribution in [0.5, 0.6) is 11.6 Å². The number of nitrogens with one attached hydrogen (secondary N) is 1. The fourth-order valence-corrected chi connectivity index (χ4v) is 2.54. The van der Waals surface area contributed by atoms with Crippen molar-refractivity contribution in [3.05, 3.63) is 85.1 Å². The highest BCUT2D eigenvalue weighted by atomic mass is 16.5. The van der Waals surface area contributed by atoms with E-state index in [1.165, 1.54) is 0 Å². The molecular weight excluding hydrogens is 352 g/mol. The Labute approximate surface area is 161 Å². The number of pyridine rings is 2. The monoisotopic (exact) mass is 366 g/mol. The zero-order valence-corrected chi connectivity index (χ0v) is 14.6. The van der Waals surface area contributed by atoms with Gasteiger partial charge in [-0.1, -0.05) is 6.07 Å². The van der Waals surface area contributed by atoms with Crippen LogP contribution < -0.4 is 10.1 Å². The smallest absolute Gasteiger partial charge is 0.246 e. The molecule has 0 aliphatic carbocycles. The van der Waals surface area contributed by atoms with Crippen LogP contribution in [-0.4, -0.2) is 19.9 Å². The topological polar surface area (TPSA) is 96.6 Å². The van der Waals surface area contributed by atoms with E-state index < -0.39 is 0 Å². The molecular formula is C21H14N6O. The second-order valence-corrected chi connectivity index (χ2v) is 5.72. The van der Waals surface area contributed by atoms with Gasteiger partial charge in [-0.3, -0.25) is 0 Å². The largest absolute Gasteiger partial charge is 0.437 e. The minimum atomic E-state index is 0.305. The van der Waals surface area contributed by atoms with E-state index in [9.17, 15) is 0 Å². The van der Waals surface area contributed by atoms with Crippen LogP contribution in [0.1, 0.15) is 5.69 Å². The van der Waals surface area contributed by atoms with Crippen molar-refractivity contribution in [2.24, 2.45) is 0 Å². The zero-order valence-electron chi connectivity index (χ0n) is 14.6. The van der Waals surface area contributed by atoms with Gasteiger partial charge in [-0.2, -0.15) is 5.26 Å². The third-order valence-corrected chi connectivity index (χ3v) is 3.82. The van der Waals surface area contributed by atoms with E-state index in [2.05, 4.69) is 25.3 Å². The molecule has 134 valence electrons. The number of benzene rings is 1. The first-order valence-corrected chi connectivity index (χ1v) is 8.45. The normalized spacial score (nSPS) is 10.1.